The molecule has 1 aliphatic rings. The molecule has 22 heavy (non-hydrogen) atoms. The van der Waals surface area contributed by atoms with Crippen molar-refractivity contribution >= 4 is 10.8 Å². The van der Waals surface area contributed by atoms with Crippen LogP contribution in [0.1, 0.15) is 19.3 Å². The number of ether oxygens (including phenoxy) is 3. The molecule has 0 bridgehead atoms. The second-order valence-electron chi connectivity index (χ2n) is 5.52. The number of methoxy groups -OCH3 is 2. The number of rotatable bonds is 4. The summed E-state index contributed by atoms with van der Waals surface area (Å²) in [6, 6.07) is 5.46. The summed E-state index contributed by atoms with van der Waals surface area (Å²) >= 11 is 0. The zero-order valence-electron chi connectivity index (χ0n) is 13.0. The summed E-state index contributed by atoms with van der Waals surface area (Å²) in [5.74, 6) is 1.22. The molecular weight excluding hydrogens is 282 g/mol. The van der Waals surface area contributed by atoms with Crippen molar-refractivity contribution in [3.8, 4) is 11.5 Å². The fourth-order valence-electron chi connectivity index (χ4n) is 3.00. The summed E-state index contributed by atoms with van der Waals surface area (Å²) in [6.07, 6.45) is 5.23. The first-order valence-corrected chi connectivity index (χ1v) is 7.60. The van der Waals surface area contributed by atoms with E-state index in [4.69, 9.17) is 14.2 Å². The Morgan fingerprint density at radius 2 is 2.05 bits per heavy atom. The molecule has 0 unspecified atom stereocenters. The standard InChI is InChI=1S/C17H21NO4/c1-20-15-7-6-14-13(16(15)21-2)8-9-18(17(14)19)11-12-5-3-4-10-22-12/h6-9,12H,3-5,10-11H2,1-2H3/t12-/m1/s1. The molecule has 1 aromatic carbocycles. The molecule has 1 aliphatic heterocycles. The largest absolute Gasteiger partial charge is 0.493 e. The van der Waals surface area contributed by atoms with Crippen molar-refractivity contribution in [2.24, 2.45) is 0 Å². The zero-order valence-corrected chi connectivity index (χ0v) is 13.0. The number of benzene rings is 1. The van der Waals surface area contributed by atoms with Crippen molar-refractivity contribution < 1.29 is 14.2 Å². The van der Waals surface area contributed by atoms with Crippen LogP contribution in [0, 0.1) is 0 Å². The quantitative estimate of drug-likeness (QED) is 0.871. The molecule has 118 valence electrons. The third kappa shape index (κ3) is 2.68. The number of pyridine rings is 1. The van der Waals surface area contributed by atoms with Crippen LogP contribution in [0.15, 0.2) is 29.2 Å². The van der Waals surface area contributed by atoms with Gasteiger partial charge >= 0.3 is 0 Å². The molecule has 2 heterocycles. The van der Waals surface area contributed by atoms with Crippen molar-refractivity contribution in [3.05, 3.63) is 34.7 Å². The number of hydrogen-bond donors (Lipinski definition) is 0. The maximum Gasteiger partial charge on any atom is 0.258 e. The lowest BCUT2D eigenvalue weighted by Crippen LogP contribution is -2.30. The Bertz CT molecular complexity index is 716. The first-order chi connectivity index (χ1) is 10.7. The van der Waals surface area contributed by atoms with Crippen LogP contribution < -0.4 is 15.0 Å². The van der Waals surface area contributed by atoms with E-state index >= 15 is 0 Å². The highest BCUT2D eigenvalue weighted by Gasteiger charge is 2.17. The average molecular weight is 303 g/mol. The van der Waals surface area contributed by atoms with Gasteiger partial charge in [0.05, 0.1) is 32.3 Å². The van der Waals surface area contributed by atoms with E-state index in [2.05, 4.69) is 0 Å². The second-order valence-corrected chi connectivity index (χ2v) is 5.52. The Morgan fingerprint density at radius 1 is 1.18 bits per heavy atom. The molecule has 1 aromatic heterocycles. The van der Waals surface area contributed by atoms with Gasteiger partial charge in [0.2, 0.25) is 0 Å². The van der Waals surface area contributed by atoms with Crippen LogP contribution in [0.4, 0.5) is 0 Å². The minimum Gasteiger partial charge on any atom is -0.493 e. The molecule has 0 radical (unpaired) electrons. The van der Waals surface area contributed by atoms with Gasteiger partial charge < -0.3 is 18.8 Å². The molecule has 1 saturated heterocycles. The summed E-state index contributed by atoms with van der Waals surface area (Å²) in [7, 11) is 3.17. The van der Waals surface area contributed by atoms with Gasteiger partial charge in [-0.25, -0.2) is 0 Å². The van der Waals surface area contributed by atoms with Gasteiger partial charge in [0.1, 0.15) is 0 Å². The monoisotopic (exact) mass is 303 g/mol. The van der Waals surface area contributed by atoms with Crippen molar-refractivity contribution in [1.82, 2.24) is 4.57 Å². The molecule has 0 spiro atoms. The predicted molar refractivity (Wildman–Crippen MR) is 84.9 cm³/mol. The lowest BCUT2D eigenvalue weighted by molar-refractivity contribution is 0.00551. The highest BCUT2D eigenvalue weighted by atomic mass is 16.5. The van der Waals surface area contributed by atoms with Gasteiger partial charge in [-0.15, -0.1) is 0 Å². The van der Waals surface area contributed by atoms with Crippen LogP contribution in [0.5, 0.6) is 11.5 Å². The minimum atomic E-state index is -0.0207. The lowest BCUT2D eigenvalue weighted by Gasteiger charge is -2.23. The molecule has 0 saturated carbocycles. The Hall–Kier alpha value is -2.01. The van der Waals surface area contributed by atoms with Crippen molar-refractivity contribution in [1.29, 1.82) is 0 Å². The number of nitrogens with zero attached hydrogens (tertiary/aromatic N) is 1. The van der Waals surface area contributed by atoms with Gasteiger partial charge in [0.15, 0.2) is 11.5 Å². The van der Waals surface area contributed by atoms with Crippen molar-refractivity contribution in [2.45, 2.75) is 31.9 Å². The topological polar surface area (TPSA) is 49.7 Å². The number of fused-ring (bicyclic) bond motifs is 1. The molecule has 0 N–H and O–H groups in total. The maximum atomic E-state index is 12.7. The molecule has 5 nitrogen and oxygen atoms in total. The van der Waals surface area contributed by atoms with Crippen LogP contribution in [0.2, 0.25) is 0 Å². The average Bonchev–Trinajstić information content (AvgIpc) is 2.57. The Labute approximate surface area is 129 Å². The first-order valence-electron chi connectivity index (χ1n) is 7.60. The summed E-state index contributed by atoms with van der Waals surface area (Å²) in [5.41, 5.74) is -0.0207. The van der Waals surface area contributed by atoms with Crippen molar-refractivity contribution in [3.63, 3.8) is 0 Å². The molecule has 3 rings (SSSR count). The fourth-order valence-corrected chi connectivity index (χ4v) is 3.00. The molecule has 0 aliphatic carbocycles. The predicted octanol–water partition coefficient (Wildman–Crippen LogP) is 2.59. The summed E-state index contributed by atoms with van der Waals surface area (Å²) in [5, 5.41) is 1.41. The molecule has 0 amide bonds. The Balaban J connectivity index is 2.00. The summed E-state index contributed by atoms with van der Waals surface area (Å²) < 4.78 is 18.1. The first kappa shape index (κ1) is 14.9. The zero-order chi connectivity index (χ0) is 15.5. The lowest BCUT2D eigenvalue weighted by atomic mass is 10.1. The Morgan fingerprint density at radius 3 is 2.73 bits per heavy atom. The van der Waals surface area contributed by atoms with Crippen LogP contribution in [-0.2, 0) is 11.3 Å². The van der Waals surface area contributed by atoms with E-state index < -0.39 is 0 Å². The van der Waals surface area contributed by atoms with Gasteiger partial charge in [0.25, 0.3) is 5.56 Å². The van der Waals surface area contributed by atoms with Gasteiger partial charge in [-0.1, -0.05) is 0 Å². The van der Waals surface area contributed by atoms with E-state index in [0.717, 1.165) is 31.3 Å². The van der Waals surface area contributed by atoms with Crippen LogP contribution in [0.25, 0.3) is 10.8 Å². The maximum absolute atomic E-state index is 12.7. The van der Waals surface area contributed by atoms with Gasteiger partial charge in [-0.3, -0.25) is 4.79 Å². The highest BCUT2D eigenvalue weighted by Crippen LogP contribution is 2.33. The molecular formula is C17H21NO4. The molecule has 1 fully saturated rings. The van der Waals surface area contributed by atoms with E-state index in [9.17, 15) is 4.79 Å². The molecule has 1 atom stereocenters. The number of aromatic nitrogens is 1. The smallest absolute Gasteiger partial charge is 0.258 e. The van der Waals surface area contributed by atoms with E-state index in [1.165, 1.54) is 0 Å². The molecule has 2 aromatic rings. The van der Waals surface area contributed by atoms with E-state index in [1.807, 2.05) is 12.3 Å². The van der Waals surface area contributed by atoms with Crippen LogP contribution >= 0.6 is 0 Å². The second kappa shape index (κ2) is 6.40. The van der Waals surface area contributed by atoms with Crippen LogP contribution in [0.3, 0.4) is 0 Å². The highest BCUT2D eigenvalue weighted by molar-refractivity contribution is 5.90. The van der Waals surface area contributed by atoms with Crippen molar-refractivity contribution in [2.75, 3.05) is 20.8 Å². The minimum absolute atomic E-state index is 0.0207. The molecule has 5 heteroatoms. The number of hydrogen-bond acceptors (Lipinski definition) is 4. The third-order valence-electron chi connectivity index (χ3n) is 4.17. The fraction of sp³-hybridized carbons (Fsp3) is 0.471. The summed E-state index contributed by atoms with van der Waals surface area (Å²) in [4.78, 5) is 12.7. The van der Waals surface area contributed by atoms with E-state index in [0.29, 0.717) is 23.4 Å². The van der Waals surface area contributed by atoms with Crippen LogP contribution in [-0.4, -0.2) is 31.5 Å². The SMILES string of the molecule is COc1ccc2c(=O)n(C[C@H]3CCCCO3)ccc2c1OC. The normalized spacial score (nSPS) is 18.4. The Kier molecular flexibility index (Phi) is 4.34. The van der Waals surface area contributed by atoms with E-state index in [1.54, 1.807) is 30.9 Å². The van der Waals surface area contributed by atoms with E-state index in [-0.39, 0.29) is 11.7 Å². The van der Waals surface area contributed by atoms with Gasteiger partial charge in [-0.05, 0) is 37.5 Å². The van der Waals surface area contributed by atoms with Gasteiger partial charge in [-0.2, -0.15) is 0 Å². The summed E-state index contributed by atoms with van der Waals surface area (Å²) in [6.45, 7) is 1.39. The third-order valence-corrected chi connectivity index (χ3v) is 4.17. The van der Waals surface area contributed by atoms with Gasteiger partial charge in [0, 0.05) is 18.2 Å².